The van der Waals surface area contributed by atoms with Crippen LogP contribution in [-0.2, 0) is 0 Å². The molecule has 4 rings (SSSR count). The molecule has 0 saturated heterocycles. The van der Waals surface area contributed by atoms with Crippen molar-refractivity contribution in [1.29, 1.82) is 0 Å². The van der Waals surface area contributed by atoms with Gasteiger partial charge in [0.1, 0.15) is 5.52 Å². The van der Waals surface area contributed by atoms with Gasteiger partial charge in [0.2, 0.25) is 5.89 Å². The van der Waals surface area contributed by atoms with Gasteiger partial charge < -0.3 is 4.42 Å². The van der Waals surface area contributed by atoms with Gasteiger partial charge in [-0.15, -0.1) is 11.3 Å². The van der Waals surface area contributed by atoms with Crippen molar-refractivity contribution in [3.05, 3.63) is 54.1 Å². The van der Waals surface area contributed by atoms with Gasteiger partial charge in [-0.25, -0.2) is 4.98 Å². The second-order valence-electron chi connectivity index (χ2n) is 4.59. The van der Waals surface area contributed by atoms with Crippen LogP contribution in [0.3, 0.4) is 0 Å². The van der Waals surface area contributed by atoms with Crippen LogP contribution < -0.4 is 0 Å². The lowest BCUT2D eigenvalue weighted by Crippen LogP contribution is -1.74. The average molecular weight is 265 g/mol. The van der Waals surface area contributed by atoms with Gasteiger partial charge in [0, 0.05) is 4.70 Å². The maximum atomic E-state index is 5.86. The van der Waals surface area contributed by atoms with Gasteiger partial charge in [0.05, 0.1) is 4.88 Å². The largest absolute Gasteiger partial charge is 0.435 e. The van der Waals surface area contributed by atoms with Crippen LogP contribution >= 0.6 is 11.3 Å². The molecule has 3 heteroatoms. The number of rotatable bonds is 1. The van der Waals surface area contributed by atoms with Gasteiger partial charge in [-0.05, 0) is 36.1 Å². The van der Waals surface area contributed by atoms with Crippen LogP contribution in [0.4, 0.5) is 0 Å². The molecule has 0 amide bonds. The maximum Gasteiger partial charge on any atom is 0.237 e. The summed E-state index contributed by atoms with van der Waals surface area (Å²) in [6, 6.07) is 16.5. The lowest BCUT2D eigenvalue weighted by atomic mass is 10.2. The molecule has 2 aromatic heterocycles. The highest BCUT2D eigenvalue weighted by atomic mass is 32.1. The zero-order chi connectivity index (χ0) is 12.8. The number of fused-ring (bicyclic) bond motifs is 2. The number of hydrogen-bond donors (Lipinski definition) is 0. The third-order valence-corrected chi connectivity index (χ3v) is 4.36. The van der Waals surface area contributed by atoms with Crippen LogP contribution in [0.1, 0.15) is 5.56 Å². The topological polar surface area (TPSA) is 26.0 Å². The van der Waals surface area contributed by atoms with Crippen LogP contribution in [0.5, 0.6) is 0 Å². The average Bonchev–Trinajstić information content (AvgIpc) is 3.02. The highest BCUT2D eigenvalue weighted by molar-refractivity contribution is 7.22. The molecule has 19 heavy (non-hydrogen) atoms. The van der Waals surface area contributed by atoms with Crippen molar-refractivity contribution in [2.75, 3.05) is 0 Å². The molecule has 0 radical (unpaired) electrons. The van der Waals surface area contributed by atoms with Crippen molar-refractivity contribution in [1.82, 2.24) is 4.98 Å². The zero-order valence-electron chi connectivity index (χ0n) is 10.4. The first-order valence-corrected chi connectivity index (χ1v) is 6.98. The molecule has 4 aromatic rings. The van der Waals surface area contributed by atoms with Crippen molar-refractivity contribution in [2.45, 2.75) is 6.92 Å². The Morgan fingerprint density at radius 3 is 2.79 bits per heavy atom. The smallest absolute Gasteiger partial charge is 0.237 e. The molecule has 0 atom stereocenters. The Labute approximate surface area is 114 Å². The van der Waals surface area contributed by atoms with Crippen LogP contribution in [-0.4, -0.2) is 4.98 Å². The molecule has 0 bridgehead atoms. The van der Waals surface area contributed by atoms with Crippen LogP contribution in [0.25, 0.3) is 32.0 Å². The van der Waals surface area contributed by atoms with E-state index in [4.69, 9.17) is 4.42 Å². The standard InChI is InChI=1S/C16H11NOS/c1-10-5-4-7-12-15(10)17-16(18-12)14-9-11-6-2-3-8-13(11)19-14/h2-9H,1H3. The first-order valence-electron chi connectivity index (χ1n) is 6.16. The lowest BCUT2D eigenvalue weighted by Gasteiger charge is -1.88. The Hall–Kier alpha value is -2.13. The third kappa shape index (κ3) is 1.66. The van der Waals surface area contributed by atoms with Crippen molar-refractivity contribution in [2.24, 2.45) is 0 Å². The van der Waals surface area contributed by atoms with E-state index in [0.717, 1.165) is 21.5 Å². The third-order valence-electron chi connectivity index (χ3n) is 3.26. The molecule has 0 aliphatic carbocycles. The van der Waals surface area contributed by atoms with Gasteiger partial charge in [-0.1, -0.05) is 30.3 Å². The predicted molar refractivity (Wildman–Crippen MR) is 79.6 cm³/mol. The molecule has 0 fully saturated rings. The number of oxazole rings is 1. The summed E-state index contributed by atoms with van der Waals surface area (Å²) >= 11 is 1.72. The summed E-state index contributed by atoms with van der Waals surface area (Å²) in [5, 5.41) is 1.24. The SMILES string of the molecule is Cc1cccc2oc(-c3cc4ccccc4s3)nc12. The van der Waals surface area contributed by atoms with E-state index in [1.165, 1.54) is 10.1 Å². The second-order valence-corrected chi connectivity index (χ2v) is 5.67. The summed E-state index contributed by atoms with van der Waals surface area (Å²) in [4.78, 5) is 5.70. The molecule has 0 aliphatic rings. The Balaban J connectivity index is 1.96. The Morgan fingerprint density at radius 2 is 1.95 bits per heavy atom. The van der Waals surface area contributed by atoms with Gasteiger partial charge in [-0.2, -0.15) is 0 Å². The number of benzene rings is 2. The number of hydrogen-bond acceptors (Lipinski definition) is 3. The Morgan fingerprint density at radius 1 is 1.05 bits per heavy atom. The van der Waals surface area contributed by atoms with Crippen molar-refractivity contribution in [3.8, 4) is 10.8 Å². The fourth-order valence-corrected chi connectivity index (χ4v) is 3.27. The number of thiophene rings is 1. The summed E-state index contributed by atoms with van der Waals surface area (Å²) in [5.74, 6) is 0.713. The number of aromatic nitrogens is 1. The van der Waals surface area contributed by atoms with E-state index in [1.807, 2.05) is 12.1 Å². The summed E-state index contributed by atoms with van der Waals surface area (Å²) in [7, 11) is 0. The molecule has 2 heterocycles. The van der Waals surface area contributed by atoms with Gasteiger partial charge in [-0.3, -0.25) is 0 Å². The second kappa shape index (κ2) is 3.93. The molecule has 2 nitrogen and oxygen atoms in total. The predicted octanol–water partition coefficient (Wildman–Crippen LogP) is 5.02. The molecule has 0 unspecified atom stereocenters. The number of para-hydroxylation sites is 1. The molecular formula is C16H11NOS. The van der Waals surface area contributed by atoms with Crippen LogP contribution in [0.2, 0.25) is 0 Å². The minimum absolute atomic E-state index is 0.713. The van der Waals surface area contributed by atoms with E-state index in [2.05, 4.69) is 48.3 Å². The molecule has 92 valence electrons. The van der Waals surface area contributed by atoms with Crippen molar-refractivity contribution >= 4 is 32.5 Å². The molecular weight excluding hydrogens is 254 g/mol. The van der Waals surface area contributed by atoms with Gasteiger partial charge >= 0.3 is 0 Å². The van der Waals surface area contributed by atoms with E-state index < -0.39 is 0 Å². The number of aryl methyl sites for hydroxylation is 1. The quantitative estimate of drug-likeness (QED) is 0.483. The summed E-state index contributed by atoms with van der Waals surface area (Å²) in [5.41, 5.74) is 2.95. The van der Waals surface area contributed by atoms with Crippen LogP contribution in [0.15, 0.2) is 52.9 Å². The first kappa shape index (κ1) is 10.8. The van der Waals surface area contributed by atoms with Gasteiger partial charge in [0.15, 0.2) is 5.58 Å². The van der Waals surface area contributed by atoms with E-state index in [1.54, 1.807) is 11.3 Å². The Bertz CT molecular complexity index is 855. The van der Waals surface area contributed by atoms with E-state index >= 15 is 0 Å². The normalized spacial score (nSPS) is 11.4. The van der Waals surface area contributed by atoms with E-state index in [9.17, 15) is 0 Å². The fourth-order valence-electron chi connectivity index (χ4n) is 2.28. The molecule has 0 aliphatic heterocycles. The highest BCUT2D eigenvalue weighted by Crippen LogP contribution is 2.34. The molecule has 0 N–H and O–H groups in total. The van der Waals surface area contributed by atoms with Crippen molar-refractivity contribution in [3.63, 3.8) is 0 Å². The monoisotopic (exact) mass is 265 g/mol. The lowest BCUT2D eigenvalue weighted by molar-refractivity contribution is 0.621. The Kier molecular flexibility index (Phi) is 2.23. The summed E-state index contributed by atoms with van der Waals surface area (Å²) < 4.78 is 7.12. The molecule has 0 saturated carbocycles. The van der Waals surface area contributed by atoms with Gasteiger partial charge in [0.25, 0.3) is 0 Å². The minimum atomic E-state index is 0.713. The van der Waals surface area contributed by atoms with E-state index in [-0.39, 0.29) is 0 Å². The fraction of sp³-hybridized carbons (Fsp3) is 0.0625. The number of nitrogens with zero attached hydrogens (tertiary/aromatic N) is 1. The maximum absolute atomic E-state index is 5.86. The summed E-state index contributed by atoms with van der Waals surface area (Å²) in [6.45, 7) is 2.06. The molecule has 2 aromatic carbocycles. The first-order chi connectivity index (χ1) is 9.31. The van der Waals surface area contributed by atoms with Crippen LogP contribution in [0, 0.1) is 6.92 Å². The van der Waals surface area contributed by atoms with E-state index in [0.29, 0.717) is 5.89 Å². The molecule has 0 spiro atoms. The minimum Gasteiger partial charge on any atom is -0.435 e. The highest BCUT2D eigenvalue weighted by Gasteiger charge is 2.12. The summed E-state index contributed by atoms with van der Waals surface area (Å²) in [6.07, 6.45) is 0. The zero-order valence-corrected chi connectivity index (χ0v) is 11.2. The van der Waals surface area contributed by atoms with Crippen molar-refractivity contribution < 1.29 is 4.42 Å².